The summed E-state index contributed by atoms with van der Waals surface area (Å²) < 4.78 is 33.0. The van der Waals surface area contributed by atoms with Crippen molar-refractivity contribution in [3.05, 3.63) is 33.4 Å². The van der Waals surface area contributed by atoms with Gasteiger partial charge in [0.15, 0.2) is 4.90 Å². The standard InChI is InChI=1S/C15H23N3O5S.ClH/c1-11-7-13(18(19)20)14(8-12(11)2)24(21,22)17-9-15(10-23-3)5-4-6-16-15;/h7-8,16-17H,4-6,9-10H2,1-3H3;1H. The second-order valence-corrected chi connectivity index (χ2v) is 7.96. The summed E-state index contributed by atoms with van der Waals surface area (Å²) in [5.41, 5.74) is 0.474. The highest BCUT2D eigenvalue weighted by Crippen LogP contribution is 2.28. The highest BCUT2D eigenvalue weighted by Gasteiger charge is 2.36. The minimum Gasteiger partial charge on any atom is -0.383 e. The molecular formula is C15H24ClN3O5S. The number of nitrogens with one attached hydrogen (secondary N) is 2. The minimum absolute atomic E-state index is 0. The number of benzene rings is 1. The minimum atomic E-state index is -4.01. The van der Waals surface area contributed by atoms with E-state index in [9.17, 15) is 18.5 Å². The molecule has 0 amide bonds. The van der Waals surface area contributed by atoms with Crippen LogP contribution in [0.25, 0.3) is 0 Å². The molecule has 10 heteroatoms. The molecule has 0 aromatic heterocycles. The molecule has 25 heavy (non-hydrogen) atoms. The largest absolute Gasteiger partial charge is 0.383 e. The third kappa shape index (κ3) is 4.89. The first-order valence-electron chi connectivity index (χ1n) is 7.70. The number of rotatable bonds is 7. The topological polar surface area (TPSA) is 111 Å². The van der Waals surface area contributed by atoms with E-state index >= 15 is 0 Å². The van der Waals surface area contributed by atoms with Gasteiger partial charge in [-0.15, -0.1) is 12.4 Å². The van der Waals surface area contributed by atoms with Gasteiger partial charge in [0.2, 0.25) is 10.0 Å². The van der Waals surface area contributed by atoms with Crippen molar-refractivity contribution in [3.63, 3.8) is 0 Å². The Morgan fingerprint density at radius 1 is 1.36 bits per heavy atom. The molecule has 0 radical (unpaired) electrons. The summed E-state index contributed by atoms with van der Waals surface area (Å²) in [6.45, 7) is 4.71. The number of hydrogen-bond donors (Lipinski definition) is 2. The highest BCUT2D eigenvalue weighted by molar-refractivity contribution is 7.89. The van der Waals surface area contributed by atoms with Crippen molar-refractivity contribution in [1.82, 2.24) is 10.0 Å². The van der Waals surface area contributed by atoms with Gasteiger partial charge in [-0.3, -0.25) is 10.1 Å². The Morgan fingerprint density at radius 3 is 2.52 bits per heavy atom. The first-order valence-corrected chi connectivity index (χ1v) is 9.18. The van der Waals surface area contributed by atoms with Crippen LogP contribution in [0.2, 0.25) is 0 Å². The predicted molar refractivity (Wildman–Crippen MR) is 96.9 cm³/mol. The molecule has 1 fully saturated rings. The number of nitro benzene ring substituents is 1. The second kappa shape index (κ2) is 8.41. The maximum atomic E-state index is 12.6. The Hall–Kier alpha value is -1.26. The molecule has 0 aliphatic carbocycles. The Labute approximate surface area is 153 Å². The lowest BCUT2D eigenvalue weighted by molar-refractivity contribution is -0.387. The molecule has 1 atom stereocenters. The summed E-state index contributed by atoms with van der Waals surface area (Å²) in [7, 11) is -2.45. The van der Waals surface area contributed by atoms with Crippen molar-refractivity contribution < 1.29 is 18.1 Å². The first-order chi connectivity index (χ1) is 11.2. The van der Waals surface area contributed by atoms with E-state index < -0.39 is 26.2 Å². The van der Waals surface area contributed by atoms with Crippen LogP contribution < -0.4 is 10.0 Å². The van der Waals surface area contributed by atoms with Crippen LogP contribution >= 0.6 is 12.4 Å². The molecule has 1 unspecified atom stereocenters. The lowest BCUT2D eigenvalue weighted by Gasteiger charge is -2.28. The number of ether oxygens (including phenoxy) is 1. The van der Waals surface area contributed by atoms with E-state index in [2.05, 4.69) is 10.0 Å². The molecule has 0 bridgehead atoms. The summed E-state index contributed by atoms with van der Waals surface area (Å²) >= 11 is 0. The van der Waals surface area contributed by atoms with Gasteiger partial charge in [-0.2, -0.15) is 0 Å². The van der Waals surface area contributed by atoms with Gasteiger partial charge in [0.05, 0.1) is 17.1 Å². The van der Waals surface area contributed by atoms with Crippen LogP contribution in [0.4, 0.5) is 5.69 Å². The van der Waals surface area contributed by atoms with Crippen LogP contribution in [0.1, 0.15) is 24.0 Å². The Morgan fingerprint density at radius 2 is 2.00 bits per heavy atom. The first kappa shape index (κ1) is 21.8. The van der Waals surface area contributed by atoms with Crippen molar-refractivity contribution in [3.8, 4) is 0 Å². The van der Waals surface area contributed by atoms with E-state index in [1.54, 1.807) is 21.0 Å². The quantitative estimate of drug-likeness (QED) is 0.538. The van der Waals surface area contributed by atoms with Crippen LogP contribution in [0, 0.1) is 24.0 Å². The van der Waals surface area contributed by atoms with E-state index in [0.717, 1.165) is 19.4 Å². The van der Waals surface area contributed by atoms with Gasteiger partial charge in [-0.05, 0) is 50.4 Å². The van der Waals surface area contributed by atoms with Gasteiger partial charge in [-0.25, -0.2) is 13.1 Å². The molecule has 0 saturated carbocycles. The zero-order chi connectivity index (χ0) is 18.0. The second-order valence-electron chi connectivity index (χ2n) is 6.23. The smallest absolute Gasteiger partial charge is 0.289 e. The summed E-state index contributed by atoms with van der Waals surface area (Å²) in [5.74, 6) is 0. The van der Waals surface area contributed by atoms with Crippen LogP contribution in [-0.4, -0.2) is 45.7 Å². The Balaban J connectivity index is 0.00000312. The summed E-state index contributed by atoms with van der Waals surface area (Å²) in [5, 5.41) is 14.5. The number of halogens is 1. The van der Waals surface area contributed by atoms with E-state index in [4.69, 9.17) is 4.74 Å². The van der Waals surface area contributed by atoms with E-state index in [0.29, 0.717) is 17.7 Å². The van der Waals surface area contributed by atoms with Crippen LogP contribution in [0.5, 0.6) is 0 Å². The van der Waals surface area contributed by atoms with Gasteiger partial charge in [0.25, 0.3) is 5.69 Å². The normalized spacial score (nSPS) is 20.3. The number of aryl methyl sites for hydroxylation is 2. The van der Waals surface area contributed by atoms with Crippen molar-refractivity contribution >= 4 is 28.1 Å². The summed E-state index contributed by atoms with van der Waals surface area (Å²) in [4.78, 5) is 10.3. The molecule has 2 N–H and O–H groups in total. The number of methoxy groups -OCH3 is 1. The molecule has 1 aromatic rings. The van der Waals surface area contributed by atoms with Gasteiger partial charge in [0.1, 0.15) is 0 Å². The zero-order valence-corrected chi connectivity index (χ0v) is 16.1. The molecule has 0 spiro atoms. The fourth-order valence-electron chi connectivity index (χ4n) is 2.91. The monoisotopic (exact) mass is 393 g/mol. The molecule has 142 valence electrons. The van der Waals surface area contributed by atoms with Gasteiger partial charge < -0.3 is 10.1 Å². The van der Waals surface area contributed by atoms with Crippen molar-refractivity contribution in [2.75, 3.05) is 26.8 Å². The third-order valence-corrected chi connectivity index (χ3v) is 5.85. The van der Waals surface area contributed by atoms with Crippen LogP contribution in [0.15, 0.2) is 17.0 Å². The molecular weight excluding hydrogens is 370 g/mol. The van der Waals surface area contributed by atoms with Crippen LogP contribution in [-0.2, 0) is 14.8 Å². The molecule has 1 heterocycles. The Kier molecular flexibility index (Phi) is 7.33. The van der Waals surface area contributed by atoms with Gasteiger partial charge in [0, 0.05) is 19.7 Å². The molecule has 8 nitrogen and oxygen atoms in total. The fraction of sp³-hybridized carbons (Fsp3) is 0.600. The maximum Gasteiger partial charge on any atom is 0.289 e. The molecule has 1 aliphatic heterocycles. The van der Waals surface area contributed by atoms with E-state index in [-0.39, 0.29) is 23.8 Å². The zero-order valence-electron chi connectivity index (χ0n) is 14.5. The molecule has 1 saturated heterocycles. The highest BCUT2D eigenvalue weighted by atomic mass is 35.5. The maximum absolute atomic E-state index is 12.6. The molecule has 1 aliphatic rings. The van der Waals surface area contributed by atoms with E-state index in [1.807, 2.05) is 0 Å². The summed E-state index contributed by atoms with van der Waals surface area (Å²) in [6.07, 6.45) is 1.70. The number of sulfonamides is 1. The number of nitro groups is 1. The summed E-state index contributed by atoms with van der Waals surface area (Å²) in [6, 6.07) is 2.64. The van der Waals surface area contributed by atoms with Gasteiger partial charge >= 0.3 is 0 Å². The molecule has 2 rings (SSSR count). The average Bonchev–Trinajstić information content (AvgIpc) is 2.97. The number of nitrogens with zero attached hydrogens (tertiary/aromatic N) is 1. The SMILES string of the molecule is COCC1(CNS(=O)(=O)c2cc(C)c(C)cc2[N+](=O)[O-])CCCN1.Cl. The third-order valence-electron chi connectivity index (χ3n) is 4.41. The van der Waals surface area contributed by atoms with Gasteiger partial charge in [-0.1, -0.05) is 0 Å². The predicted octanol–water partition coefficient (Wildman–Crippen LogP) is 1.68. The van der Waals surface area contributed by atoms with E-state index in [1.165, 1.54) is 12.1 Å². The van der Waals surface area contributed by atoms with Crippen LogP contribution in [0.3, 0.4) is 0 Å². The van der Waals surface area contributed by atoms with Crippen molar-refractivity contribution in [2.45, 2.75) is 37.1 Å². The lowest BCUT2D eigenvalue weighted by atomic mass is 9.99. The molecule has 1 aromatic carbocycles. The lowest BCUT2D eigenvalue weighted by Crippen LogP contribution is -2.52. The average molecular weight is 394 g/mol. The van der Waals surface area contributed by atoms with Crippen molar-refractivity contribution in [2.24, 2.45) is 0 Å². The number of hydrogen-bond acceptors (Lipinski definition) is 6. The van der Waals surface area contributed by atoms with Crippen molar-refractivity contribution in [1.29, 1.82) is 0 Å². The Bertz CT molecular complexity index is 733. The fourth-order valence-corrected chi connectivity index (χ4v) is 4.28.